The zero-order chi connectivity index (χ0) is 22.8. The van der Waals surface area contributed by atoms with Crippen LogP contribution < -0.4 is 5.32 Å². The normalized spacial score (nSPS) is 32.7. The molecule has 0 aromatic rings. The van der Waals surface area contributed by atoms with E-state index in [1.807, 2.05) is 0 Å². The number of carboxylic acid groups (broad SMARTS) is 1. The number of likely N-dealkylation sites (tertiary alicyclic amines) is 1. The molecule has 6 atom stereocenters. The number of fused-ring (bicyclic) bond motifs is 5. The summed E-state index contributed by atoms with van der Waals surface area (Å²) in [4.78, 5) is 38.9. The zero-order valence-electron chi connectivity index (χ0n) is 18.1. The van der Waals surface area contributed by atoms with Gasteiger partial charge >= 0.3 is 12.1 Å². The first-order valence-corrected chi connectivity index (χ1v) is 10.1. The van der Waals surface area contributed by atoms with Crippen LogP contribution in [0.25, 0.3) is 0 Å². The van der Waals surface area contributed by atoms with Crippen molar-refractivity contribution in [3.05, 3.63) is 12.2 Å². The number of aliphatic carboxylic acids is 1. The van der Waals surface area contributed by atoms with Crippen molar-refractivity contribution in [1.29, 1.82) is 0 Å². The number of nitrogens with one attached hydrogen (secondary N) is 1. The molecule has 1 heterocycles. The minimum Gasteiger partial charge on any atom is -0.480 e. The smallest absolute Gasteiger partial charge is 0.408 e. The van der Waals surface area contributed by atoms with Crippen LogP contribution in [0, 0.1) is 29.1 Å². The minimum absolute atomic E-state index is 0.0792. The van der Waals surface area contributed by atoms with Crippen LogP contribution in [0.3, 0.4) is 0 Å². The molecular weight excluding hydrogens is 398 g/mol. The molecule has 3 aliphatic rings. The number of ether oxygens (including phenoxy) is 1. The van der Waals surface area contributed by atoms with E-state index in [-0.39, 0.29) is 6.54 Å². The molecule has 9 heteroatoms. The molecule has 1 aliphatic heterocycles. The predicted molar refractivity (Wildman–Crippen MR) is 104 cm³/mol. The molecule has 2 aliphatic carbocycles. The maximum absolute atomic E-state index is 14.5. The Kier molecular flexibility index (Phi) is 5.19. The highest BCUT2D eigenvalue weighted by Crippen LogP contribution is 2.61. The summed E-state index contributed by atoms with van der Waals surface area (Å²) in [5.41, 5.74) is -1.53. The molecule has 2 N–H and O–H groups in total. The first-order chi connectivity index (χ1) is 13.6. The van der Waals surface area contributed by atoms with Gasteiger partial charge < -0.3 is 20.1 Å². The van der Waals surface area contributed by atoms with Crippen molar-refractivity contribution in [3.8, 4) is 0 Å². The molecular formula is C21H30F2N2O5. The molecule has 1 saturated carbocycles. The van der Waals surface area contributed by atoms with Gasteiger partial charge in [0.05, 0.1) is 0 Å². The minimum atomic E-state index is -2.99. The third-order valence-corrected chi connectivity index (χ3v) is 6.20. The molecule has 0 aromatic carbocycles. The lowest BCUT2D eigenvalue weighted by Gasteiger charge is -2.36. The molecule has 0 aromatic heterocycles. The number of alkyl halides is 2. The van der Waals surface area contributed by atoms with Crippen molar-refractivity contribution >= 4 is 18.0 Å². The number of carbonyl (C=O) groups excluding carboxylic acids is 2. The lowest BCUT2D eigenvalue weighted by molar-refractivity contribution is -0.153. The van der Waals surface area contributed by atoms with Crippen molar-refractivity contribution in [3.63, 3.8) is 0 Å². The van der Waals surface area contributed by atoms with Crippen LogP contribution in [0.2, 0.25) is 0 Å². The second kappa shape index (κ2) is 6.92. The number of halogens is 2. The topological polar surface area (TPSA) is 95.9 Å². The summed E-state index contributed by atoms with van der Waals surface area (Å²) in [6.07, 6.45) is 2.03. The summed E-state index contributed by atoms with van der Waals surface area (Å²) in [6, 6.07) is -2.43. The second-order valence-electron chi connectivity index (χ2n) is 10.6. The quantitative estimate of drug-likeness (QED) is 0.674. The Bertz CT molecular complexity index is 783. The Morgan fingerprint density at radius 1 is 1.13 bits per heavy atom. The lowest BCUT2D eigenvalue weighted by Crippen LogP contribution is -2.58. The summed E-state index contributed by atoms with van der Waals surface area (Å²) >= 11 is 0. The Morgan fingerprint density at radius 2 is 1.70 bits per heavy atom. The highest BCUT2D eigenvalue weighted by molar-refractivity contribution is 5.91. The van der Waals surface area contributed by atoms with Gasteiger partial charge in [0.2, 0.25) is 5.91 Å². The Labute approximate surface area is 174 Å². The molecule has 2 fully saturated rings. The van der Waals surface area contributed by atoms with E-state index in [9.17, 15) is 28.3 Å². The van der Waals surface area contributed by atoms with E-state index < -0.39 is 70.7 Å². The van der Waals surface area contributed by atoms with E-state index in [0.717, 1.165) is 4.90 Å². The van der Waals surface area contributed by atoms with Crippen molar-refractivity contribution in [2.45, 2.75) is 65.1 Å². The number of amides is 2. The summed E-state index contributed by atoms with van der Waals surface area (Å²) in [5.74, 6) is -8.63. The van der Waals surface area contributed by atoms with Crippen LogP contribution >= 0.6 is 0 Å². The van der Waals surface area contributed by atoms with Crippen LogP contribution in [0.5, 0.6) is 0 Å². The Morgan fingerprint density at radius 3 is 2.20 bits per heavy atom. The van der Waals surface area contributed by atoms with Crippen LogP contribution in [0.4, 0.5) is 13.6 Å². The molecule has 2 amide bonds. The molecule has 7 nitrogen and oxygen atoms in total. The van der Waals surface area contributed by atoms with Gasteiger partial charge in [-0.25, -0.2) is 18.4 Å². The van der Waals surface area contributed by atoms with Crippen molar-refractivity contribution in [2.75, 3.05) is 6.54 Å². The third-order valence-electron chi connectivity index (χ3n) is 6.20. The van der Waals surface area contributed by atoms with Crippen molar-refractivity contribution in [2.24, 2.45) is 29.1 Å². The number of nitrogens with zero attached hydrogens (tertiary/aromatic N) is 1. The van der Waals surface area contributed by atoms with Crippen molar-refractivity contribution in [1.82, 2.24) is 10.2 Å². The van der Waals surface area contributed by atoms with Gasteiger partial charge in [-0.1, -0.05) is 32.9 Å². The number of hydrogen-bond acceptors (Lipinski definition) is 4. The Balaban J connectivity index is 1.87. The number of hydrogen-bond donors (Lipinski definition) is 2. The van der Waals surface area contributed by atoms with E-state index in [1.54, 1.807) is 41.5 Å². The maximum atomic E-state index is 14.5. The summed E-state index contributed by atoms with van der Waals surface area (Å²) in [6.45, 7) is 10.2. The molecule has 2 bridgehead atoms. The molecule has 0 unspecified atom stereocenters. The van der Waals surface area contributed by atoms with Crippen LogP contribution in [-0.2, 0) is 14.3 Å². The Hall–Kier alpha value is -2.19. The summed E-state index contributed by atoms with van der Waals surface area (Å²) in [5, 5.41) is 12.4. The predicted octanol–water partition coefficient (Wildman–Crippen LogP) is 2.90. The standard InChI is InChI=1S/C21H30F2N2O5/c1-19(2,3)15(24-18(29)30-20(4,5)6)16(26)25-9-10-11-7-8-12(21(11,22)23)13(10)14(25)17(27)28/h7-8,10-15H,9H2,1-6H3,(H,24,29)(H,27,28)/t10-,11+,12-,13-,14+,15-/m1/s1. The van der Waals surface area contributed by atoms with Gasteiger partial charge in [0.15, 0.2) is 0 Å². The number of allylic oxidation sites excluding steroid dienone is 2. The van der Waals surface area contributed by atoms with Gasteiger partial charge in [-0.2, -0.15) is 0 Å². The van der Waals surface area contributed by atoms with Gasteiger partial charge in [-0.05, 0) is 32.1 Å². The molecule has 3 rings (SSSR count). The zero-order valence-corrected chi connectivity index (χ0v) is 18.1. The van der Waals surface area contributed by atoms with Gasteiger partial charge in [0.1, 0.15) is 17.7 Å². The highest BCUT2D eigenvalue weighted by atomic mass is 19.3. The molecule has 168 valence electrons. The van der Waals surface area contributed by atoms with Crippen LogP contribution in [0.15, 0.2) is 12.2 Å². The van der Waals surface area contributed by atoms with Gasteiger partial charge in [-0.15, -0.1) is 0 Å². The SMILES string of the molecule is CC(C)(C)OC(=O)N[C@H](C(=O)N1C[C@H]2[C@@H]([C@H]1C(=O)O)[C@H]1C=C[C@@H]2C1(F)F)C(C)(C)C. The van der Waals surface area contributed by atoms with E-state index in [0.29, 0.717) is 0 Å². The van der Waals surface area contributed by atoms with Gasteiger partial charge in [-0.3, -0.25) is 4.79 Å². The fraction of sp³-hybridized carbons (Fsp3) is 0.762. The number of carboxylic acids is 1. The maximum Gasteiger partial charge on any atom is 0.408 e. The van der Waals surface area contributed by atoms with E-state index in [4.69, 9.17) is 4.74 Å². The fourth-order valence-corrected chi connectivity index (χ4v) is 5.02. The van der Waals surface area contributed by atoms with Crippen LogP contribution in [0.1, 0.15) is 41.5 Å². The van der Waals surface area contributed by atoms with E-state index in [2.05, 4.69) is 5.32 Å². The lowest BCUT2D eigenvalue weighted by atomic mass is 9.82. The molecule has 0 radical (unpaired) electrons. The van der Waals surface area contributed by atoms with E-state index >= 15 is 0 Å². The summed E-state index contributed by atoms with van der Waals surface area (Å²) < 4.78 is 34.3. The highest BCUT2D eigenvalue weighted by Gasteiger charge is 2.70. The largest absolute Gasteiger partial charge is 0.480 e. The number of carbonyl (C=O) groups is 3. The van der Waals surface area contributed by atoms with Gasteiger partial charge in [0.25, 0.3) is 5.92 Å². The molecule has 30 heavy (non-hydrogen) atoms. The first-order valence-electron chi connectivity index (χ1n) is 10.1. The molecule has 1 saturated heterocycles. The monoisotopic (exact) mass is 428 g/mol. The van der Waals surface area contributed by atoms with Crippen molar-refractivity contribution < 1.29 is 33.0 Å². The second-order valence-corrected chi connectivity index (χ2v) is 10.6. The average Bonchev–Trinajstić information content (AvgIpc) is 3.13. The first kappa shape index (κ1) is 22.5. The number of alkyl carbamates (subject to hydrolysis) is 1. The van der Waals surface area contributed by atoms with Gasteiger partial charge in [0, 0.05) is 24.3 Å². The van der Waals surface area contributed by atoms with Crippen LogP contribution in [-0.4, -0.2) is 58.1 Å². The molecule has 0 spiro atoms. The average molecular weight is 428 g/mol. The number of rotatable bonds is 3. The fourth-order valence-electron chi connectivity index (χ4n) is 5.02. The third kappa shape index (κ3) is 3.67. The van der Waals surface area contributed by atoms with E-state index in [1.165, 1.54) is 12.2 Å². The summed E-state index contributed by atoms with van der Waals surface area (Å²) in [7, 11) is 0.